The third-order valence-electron chi connectivity index (χ3n) is 3.08. The number of nitrogens with zero attached hydrogens (tertiary/aromatic N) is 6. The maximum absolute atomic E-state index is 12.3. The smallest absolute Gasteiger partial charge is 0.271 e. The average molecular weight is 336 g/mol. The first kappa shape index (κ1) is 15.2. The molecular weight excluding hydrogens is 320 g/mol. The highest BCUT2D eigenvalue weighted by molar-refractivity contribution is 7.99. The summed E-state index contributed by atoms with van der Waals surface area (Å²) in [5.74, 6) is 0.703. The van der Waals surface area contributed by atoms with E-state index >= 15 is 0 Å². The number of thiophene rings is 1. The molecule has 0 aliphatic carbocycles. The van der Waals surface area contributed by atoms with E-state index in [1.807, 2.05) is 32.2 Å². The molecule has 3 aromatic heterocycles. The van der Waals surface area contributed by atoms with E-state index in [9.17, 15) is 4.79 Å². The summed E-state index contributed by atoms with van der Waals surface area (Å²) >= 11 is 2.96. The van der Waals surface area contributed by atoms with Crippen molar-refractivity contribution in [2.24, 2.45) is 0 Å². The average Bonchev–Trinajstić information content (AvgIpc) is 3.09. The molecule has 0 unspecified atom stereocenters. The van der Waals surface area contributed by atoms with Crippen molar-refractivity contribution >= 4 is 33.3 Å². The first-order valence-corrected chi connectivity index (χ1v) is 8.67. The summed E-state index contributed by atoms with van der Waals surface area (Å²) in [4.78, 5) is 16.6. The maximum atomic E-state index is 12.3. The van der Waals surface area contributed by atoms with Gasteiger partial charge >= 0.3 is 0 Å². The molecule has 9 heteroatoms. The first-order chi connectivity index (χ1) is 10.5. The number of aryl methyl sites for hydroxylation is 1. The zero-order chi connectivity index (χ0) is 15.7. The van der Waals surface area contributed by atoms with Gasteiger partial charge in [-0.25, -0.2) is 9.67 Å². The molecule has 0 bridgehead atoms. The van der Waals surface area contributed by atoms with Gasteiger partial charge in [-0.2, -0.15) is 0 Å². The first-order valence-electron chi connectivity index (χ1n) is 6.81. The van der Waals surface area contributed by atoms with Crippen LogP contribution in [0.3, 0.4) is 0 Å². The Labute approximate surface area is 135 Å². The van der Waals surface area contributed by atoms with Crippen molar-refractivity contribution in [3.63, 3.8) is 0 Å². The summed E-state index contributed by atoms with van der Waals surface area (Å²) in [6, 6.07) is 1.86. The van der Waals surface area contributed by atoms with Crippen LogP contribution in [0.25, 0.3) is 10.2 Å². The number of rotatable bonds is 4. The Morgan fingerprint density at radius 3 is 2.95 bits per heavy atom. The summed E-state index contributed by atoms with van der Waals surface area (Å²) in [6.07, 6.45) is 1.60. The molecule has 3 heterocycles. The highest BCUT2D eigenvalue weighted by Gasteiger charge is 2.19. The molecule has 116 valence electrons. The van der Waals surface area contributed by atoms with Crippen molar-refractivity contribution in [2.45, 2.75) is 38.0 Å². The monoisotopic (exact) mass is 336 g/mol. The van der Waals surface area contributed by atoms with Gasteiger partial charge in [0.1, 0.15) is 4.70 Å². The van der Waals surface area contributed by atoms with Gasteiger partial charge in [0.25, 0.3) is 5.56 Å². The van der Waals surface area contributed by atoms with E-state index in [0.717, 1.165) is 10.7 Å². The van der Waals surface area contributed by atoms with Gasteiger partial charge in [0.05, 0.1) is 17.4 Å². The lowest BCUT2D eigenvalue weighted by Crippen LogP contribution is -2.24. The van der Waals surface area contributed by atoms with E-state index in [2.05, 4.69) is 20.5 Å². The topological polar surface area (TPSA) is 78.5 Å². The van der Waals surface area contributed by atoms with Gasteiger partial charge in [-0.3, -0.25) is 9.36 Å². The molecule has 22 heavy (non-hydrogen) atoms. The fraction of sp³-hybridized carbons (Fsp3) is 0.462. The molecule has 0 radical (unpaired) electrons. The second kappa shape index (κ2) is 5.81. The van der Waals surface area contributed by atoms with Crippen LogP contribution in [0.1, 0.15) is 20.8 Å². The summed E-state index contributed by atoms with van der Waals surface area (Å²) in [6.45, 7) is 6.72. The minimum absolute atomic E-state index is 0.0102. The van der Waals surface area contributed by atoms with Crippen LogP contribution < -0.4 is 5.56 Å². The lowest BCUT2D eigenvalue weighted by atomic mass is 10.1. The molecule has 0 aromatic carbocycles. The number of hydrogen-bond acceptors (Lipinski definition) is 7. The Morgan fingerprint density at radius 2 is 2.18 bits per heavy atom. The number of thioether (sulfide) groups is 1. The zero-order valence-corrected chi connectivity index (χ0v) is 14.2. The predicted molar refractivity (Wildman–Crippen MR) is 87.4 cm³/mol. The van der Waals surface area contributed by atoms with Crippen LogP contribution in [-0.2, 0) is 12.1 Å². The van der Waals surface area contributed by atoms with Crippen LogP contribution in [0.2, 0.25) is 0 Å². The minimum Gasteiger partial charge on any atom is -0.297 e. The Bertz CT molecular complexity index is 844. The van der Waals surface area contributed by atoms with E-state index in [4.69, 9.17) is 0 Å². The summed E-state index contributed by atoms with van der Waals surface area (Å²) < 4.78 is 4.13. The van der Waals surface area contributed by atoms with E-state index in [0.29, 0.717) is 17.0 Å². The molecule has 0 aliphatic rings. The molecule has 0 spiro atoms. The van der Waals surface area contributed by atoms with Crippen molar-refractivity contribution in [3.8, 4) is 0 Å². The molecule has 0 amide bonds. The van der Waals surface area contributed by atoms with Crippen LogP contribution >= 0.6 is 23.1 Å². The van der Waals surface area contributed by atoms with Crippen molar-refractivity contribution in [1.82, 2.24) is 29.8 Å². The van der Waals surface area contributed by atoms with Gasteiger partial charge in [-0.1, -0.05) is 11.8 Å². The van der Waals surface area contributed by atoms with Crippen LogP contribution in [0, 0.1) is 0 Å². The van der Waals surface area contributed by atoms with E-state index in [1.54, 1.807) is 15.6 Å². The second-order valence-corrected chi connectivity index (χ2v) is 7.75. The van der Waals surface area contributed by atoms with E-state index < -0.39 is 0 Å². The van der Waals surface area contributed by atoms with Crippen LogP contribution in [0.5, 0.6) is 0 Å². The third-order valence-corrected chi connectivity index (χ3v) is 4.87. The zero-order valence-electron chi connectivity index (χ0n) is 12.6. The van der Waals surface area contributed by atoms with Gasteiger partial charge in [0, 0.05) is 12.3 Å². The second-order valence-electron chi connectivity index (χ2n) is 5.77. The summed E-state index contributed by atoms with van der Waals surface area (Å²) in [5.41, 5.74) is 0.603. The molecular formula is C13H16N6OS2. The largest absolute Gasteiger partial charge is 0.297 e. The highest BCUT2D eigenvalue weighted by atomic mass is 32.2. The van der Waals surface area contributed by atoms with Gasteiger partial charge in [0.15, 0.2) is 0 Å². The quantitative estimate of drug-likeness (QED) is 0.678. The molecule has 0 aliphatic heterocycles. The van der Waals surface area contributed by atoms with Crippen LogP contribution in [-0.4, -0.2) is 35.5 Å². The number of tetrazole rings is 1. The lowest BCUT2D eigenvalue weighted by Gasteiger charge is -2.19. The Hall–Kier alpha value is -1.74. The number of aromatic nitrogens is 6. The highest BCUT2D eigenvalue weighted by Crippen LogP contribution is 2.21. The Kier molecular flexibility index (Phi) is 4.00. The molecule has 3 rings (SSSR count). The van der Waals surface area contributed by atoms with Crippen LogP contribution in [0.4, 0.5) is 0 Å². The summed E-state index contributed by atoms with van der Waals surface area (Å²) in [7, 11) is 0. The Morgan fingerprint density at radius 1 is 1.36 bits per heavy atom. The summed E-state index contributed by atoms with van der Waals surface area (Å²) in [5, 5.41) is 14.4. The lowest BCUT2D eigenvalue weighted by molar-refractivity contribution is 0.321. The van der Waals surface area contributed by atoms with E-state index in [-0.39, 0.29) is 11.1 Å². The van der Waals surface area contributed by atoms with Gasteiger partial charge in [0.2, 0.25) is 5.16 Å². The van der Waals surface area contributed by atoms with Crippen molar-refractivity contribution in [3.05, 3.63) is 28.1 Å². The number of hydrogen-bond donors (Lipinski definition) is 0. The molecule has 7 nitrogen and oxygen atoms in total. The third kappa shape index (κ3) is 2.91. The van der Waals surface area contributed by atoms with Crippen molar-refractivity contribution in [1.29, 1.82) is 0 Å². The Balaban J connectivity index is 1.72. The van der Waals surface area contributed by atoms with Crippen LogP contribution in [0.15, 0.2) is 27.7 Å². The predicted octanol–water partition coefficient (Wildman–Crippen LogP) is 1.99. The number of fused-ring (bicyclic) bond motifs is 1. The SMILES string of the molecule is CC(C)(C)n1nnnc1SCCn1cnc2ccsc2c1=O. The standard InChI is InChI=1S/C13H16N6OS2/c1-13(2,3)19-12(15-16-17-19)22-7-5-18-8-14-9-4-6-21-10(9)11(18)20/h4,6,8H,5,7H2,1-3H3. The van der Waals surface area contributed by atoms with E-state index in [1.165, 1.54) is 23.1 Å². The molecule has 0 N–H and O–H groups in total. The molecule has 0 saturated heterocycles. The fourth-order valence-corrected chi connectivity index (χ4v) is 3.75. The molecule has 0 fully saturated rings. The normalized spacial score (nSPS) is 12.1. The van der Waals surface area contributed by atoms with Gasteiger partial charge in [-0.15, -0.1) is 16.4 Å². The van der Waals surface area contributed by atoms with Gasteiger partial charge in [-0.05, 0) is 42.6 Å². The minimum atomic E-state index is -0.167. The molecule has 3 aromatic rings. The molecule has 0 atom stereocenters. The maximum Gasteiger partial charge on any atom is 0.271 e. The van der Waals surface area contributed by atoms with Crippen molar-refractivity contribution in [2.75, 3.05) is 5.75 Å². The fourth-order valence-electron chi connectivity index (χ4n) is 1.96. The van der Waals surface area contributed by atoms with Gasteiger partial charge < -0.3 is 0 Å². The molecule has 0 saturated carbocycles. The van der Waals surface area contributed by atoms with Crippen molar-refractivity contribution < 1.29 is 0 Å².